The van der Waals surface area contributed by atoms with Crippen molar-refractivity contribution in [3.05, 3.63) is 12.2 Å². The Hall–Kier alpha value is -0.830. The zero-order valence-corrected chi connectivity index (χ0v) is 10.0. The first-order chi connectivity index (χ1) is 7.65. The van der Waals surface area contributed by atoms with Crippen molar-refractivity contribution in [1.29, 1.82) is 0 Å². The van der Waals surface area contributed by atoms with E-state index in [1.54, 1.807) is 0 Å². The maximum absolute atomic E-state index is 11.9. The summed E-state index contributed by atoms with van der Waals surface area (Å²) in [7, 11) is 0. The largest absolute Gasteiger partial charge is 0.355 e. The van der Waals surface area contributed by atoms with Crippen LogP contribution in [0.5, 0.6) is 0 Å². The maximum Gasteiger partial charge on any atom is 0.227 e. The molecule has 0 bridgehead atoms. The second kappa shape index (κ2) is 4.58. The summed E-state index contributed by atoms with van der Waals surface area (Å²) in [6, 6.07) is 0.0706. The van der Waals surface area contributed by atoms with Crippen LogP contribution in [0.25, 0.3) is 0 Å². The minimum atomic E-state index is 0.00688. The van der Waals surface area contributed by atoms with Crippen molar-refractivity contribution >= 4 is 5.91 Å². The number of amides is 1. The molecule has 3 N–H and O–H groups in total. The van der Waals surface area contributed by atoms with Crippen LogP contribution in [-0.4, -0.2) is 18.5 Å². The molecule has 3 nitrogen and oxygen atoms in total. The molecule has 16 heavy (non-hydrogen) atoms. The SMILES string of the molecule is CCCC1(CNC(=O)C2C=CC(N)C2)CC1. The summed E-state index contributed by atoms with van der Waals surface area (Å²) in [5.41, 5.74) is 6.18. The third-order valence-corrected chi connectivity index (χ3v) is 3.83. The van der Waals surface area contributed by atoms with Crippen molar-refractivity contribution < 1.29 is 4.79 Å². The van der Waals surface area contributed by atoms with Gasteiger partial charge in [0.15, 0.2) is 0 Å². The first kappa shape index (κ1) is 11.6. The van der Waals surface area contributed by atoms with Gasteiger partial charge in [-0.1, -0.05) is 25.5 Å². The summed E-state index contributed by atoms with van der Waals surface area (Å²) in [6.07, 6.45) is 9.66. The van der Waals surface area contributed by atoms with E-state index in [0.717, 1.165) is 13.0 Å². The fourth-order valence-corrected chi connectivity index (χ4v) is 2.55. The first-order valence-electron chi connectivity index (χ1n) is 6.37. The highest BCUT2D eigenvalue weighted by atomic mass is 16.1. The van der Waals surface area contributed by atoms with Crippen molar-refractivity contribution in [2.75, 3.05) is 6.54 Å². The highest BCUT2D eigenvalue weighted by Gasteiger charge is 2.41. The summed E-state index contributed by atoms with van der Waals surface area (Å²) in [4.78, 5) is 11.9. The standard InChI is InChI=1S/C13H22N2O/c1-2-5-13(6-7-13)9-15-12(16)10-3-4-11(14)8-10/h3-4,10-11H,2,5-9,14H2,1H3,(H,15,16). The van der Waals surface area contributed by atoms with Gasteiger partial charge in [-0.3, -0.25) is 4.79 Å². The molecule has 2 aliphatic carbocycles. The molecular formula is C13H22N2O. The second-order valence-electron chi connectivity index (χ2n) is 5.36. The molecule has 3 heteroatoms. The molecule has 0 aromatic heterocycles. The Kier molecular flexibility index (Phi) is 3.33. The molecule has 2 atom stereocenters. The van der Waals surface area contributed by atoms with Crippen molar-refractivity contribution in [2.45, 2.75) is 45.1 Å². The Morgan fingerprint density at radius 3 is 2.75 bits per heavy atom. The second-order valence-corrected chi connectivity index (χ2v) is 5.36. The quantitative estimate of drug-likeness (QED) is 0.694. The van der Waals surface area contributed by atoms with Gasteiger partial charge in [0.25, 0.3) is 0 Å². The van der Waals surface area contributed by atoms with Gasteiger partial charge in [0.1, 0.15) is 0 Å². The lowest BCUT2D eigenvalue weighted by molar-refractivity contribution is -0.123. The van der Waals surface area contributed by atoms with Crippen molar-refractivity contribution in [1.82, 2.24) is 5.32 Å². The lowest BCUT2D eigenvalue weighted by Gasteiger charge is -2.17. The van der Waals surface area contributed by atoms with E-state index in [4.69, 9.17) is 5.73 Å². The fraction of sp³-hybridized carbons (Fsp3) is 0.769. The zero-order valence-electron chi connectivity index (χ0n) is 10.0. The number of hydrogen-bond acceptors (Lipinski definition) is 2. The topological polar surface area (TPSA) is 55.1 Å². The van der Waals surface area contributed by atoms with Crippen LogP contribution in [0.1, 0.15) is 39.0 Å². The molecular weight excluding hydrogens is 200 g/mol. The van der Waals surface area contributed by atoms with Gasteiger partial charge in [0.05, 0.1) is 5.92 Å². The number of nitrogens with two attached hydrogens (primary N) is 1. The first-order valence-corrected chi connectivity index (χ1v) is 6.37. The van der Waals surface area contributed by atoms with E-state index in [-0.39, 0.29) is 17.9 Å². The molecule has 0 aromatic rings. The monoisotopic (exact) mass is 222 g/mol. The van der Waals surface area contributed by atoms with Crippen molar-refractivity contribution in [3.63, 3.8) is 0 Å². The van der Waals surface area contributed by atoms with E-state index < -0.39 is 0 Å². The number of hydrogen-bond donors (Lipinski definition) is 2. The molecule has 0 radical (unpaired) electrons. The van der Waals surface area contributed by atoms with Gasteiger partial charge in [-0.15, -0.1) is 0 Å². The summed E-state index contributed by atoms with van der Waals surface area (Å²) >= 11 is 0. The maximum atomic E-state index is 11.9. The average molecular weight is 222 g/mol. The Labute approximate surface area is 97.5 Å². The van der Waals surface area contributed by atoms with E-state index >= 15 is 0 Å². The molecule has 0 spiro atoms. The summed E-state index contributed by atoms with van der Waals surface area (Å²) in [6.45, 7) is 3.07. The summed E-state index contributed by atoms with van der Waals surface area (Å²) < 4.78 is 0. The van der Waals surface area contributed by atoms with Crippen molar-refractivity contribution in [3.8, 4) is 0 Å². The van der Waals surface area contributed by atoms with Crippen LogP contribution in [-0.2, 0) is 4.79 Å². The predicted molar refractivity (Wildman–Crippen MR) is 64.8 cm³/mol. The van der Waals surface area contributed by atoms with E-state index in [0.29, 0.717) is 5.41 Å². The molecule has 2 aliphatic rings. The predicted octanol–water partition coefficient (Wildman–Crippen LogP) is 1.59. The third-order valence-electron chi connectivity index (χ3n) is 3.83. The van der Waals surface area contributed by atoms with E-state index in [1.165, 1.54) is 25.7 Å². The average Bonchev–Trinajstić information content (AvgIpc) is 2.89. The highest BCUT2D eigenvalue weighted by molar-refractivity contribution is 5.81. The number of nitrogens with one attached hydrogen (secondary N) is 1. The molecule has 90 valence electrons. The fourth-order valence-electron chi connectivity index (χ4n) is 2.55. The van der Waals surface area contributed by atoms with Crippen LogP contribution in [0.4, 0.5) is 0 Å². The van der Waals surface area contributed by atoms with Gasteiger partial charge in [-0.25, -0.2) is 0 Å². The van der Waals surface area contributed by atoms with Crippen LogP contribution < -0.4 is 11.1 Å². The van der Waals surface area contributed by atoms with E-state index in [1.807, 2.05) is 12.2 Å². The summed E-state index contributed by atoms with van der Waals surface area (Å²) in [5, 5.41) is 3.09. The molecule has 0 aliphatic heterocycles. The molecule has 0 saturated heterocycles. The van der Waals surface area contributed by atoms with Crippen LogP contribution in [0.2, 0.25) is 0 Å². The lowest BCUT2D eigenvalue weighted by atomic mass is 10.00. The number of rotatable bonds is 5. The minimum Gasteiger partial charge on any atom is -0.355 e. The third kappa shape index (κ3) is 2.64. The van der Waals surface area contributed by atoms with Gasteiger partial charge in [0, 0.05) is 12.6 Å². The van der Waals surface area contributed by atoms with E-state index in [2.05, 4.69) is 12.2 Å². The van der Waals surface area contributed by atoms with Gasteiger partial charge >= 0.3 is 0 Å². The normalized spacial score (nSPS) is 30.4. The van der Waals surface area contributed by atoms with E-state index in [9.17, 15) is 4.79 Å². The van der Waals surface area contributed by atoms with Crippen LogP contribution in [0, 0.1) is 11.3 Å². The van der Waals surface area contributed by atoms with Gasteiger partial charge in [0.2, 0.25) is 5.91 Å². The van der Waals surface area contributed by atoms with Gasteiger partial charge in [-0.05, 0) is 31.1 Å². The molecule has 2 unspecified atom stereocenters. The molecule has 2 rings (SSSR count). The Bertz CT molecular complexity index is 294. The Morgan fingerprint density at radius 2 is 2.25 bits per heavy atom. The highest BCUT2D eigenvalue weighted by Crippen LogP contribution is 2.48. The van der Waals surface area contributed by atoms with Crippen LogP contribution in [0.15, 0.2) is 12.2 Å². The number of carbonyl (C=O) groups is 1. The Balaban J connectivity index is 1.74. The zero-order chi connectivity index (χ0) is 11.6. The number of carbonyl (C=O) groups excluding carboxylic acids is 1. The van der Waals surface area contributed by atoms with Crippen molar-refractivity contribution in [2.24, 2.45) is 17.1 Å². The van der Waals surface area contributed by atoms with Gasteiger partial charge < -0.3 is 11.1 Å². The molecule has 1 fully saturated rings. The molecule has 0 heterocycles. The van der Waals surface area contributed by atoms with Gasteiger partial charge in [-0.2, -0.15) is 0 Å². The molecule has 1 saturated carbocycles. The minimum absolute atomic E-state index is 0.00688. The van der Waals surface area contributed by atoms with Crippen LogP contribution in [0.3, 0.4) is 0 Å². The lowest BCUT2D eigenvalue weighted by Crippen LogP contribution is -2.35. The smallest absolute Gasteiger partial charge is 0.227 e. The molecule has 1 amide bonds. The Morgan fingerprint density at radius 1 is 1.50 bits per heavy atom. The summed E-state index contributed by atoms with van der Waals surface area (Å²) in [5.74, 6) is 0.166. The molecule has 0 aromatic carbocycles. The van der Waals surface area contributed by atoms with Crippen LogP contribution >= 0.6 is 0 Å².